The summed E-state index contributed by atoms with van der Waals surface area (Å²) in [5.41, 5.74) is 7.00. The van der Waals surface area contributed by atoms with Crippen LogP contribution in [0, 0.1) is 0 Å². The minimum Gasteiger partial charge on any atom is -0.398 e. The quantitative estimate of drug-likeness (QED) is 0.820. The summed E-state index contributed by atoms with van der Waals surface area (Å²) in [4.78, 5) is 14.1. The molecule has 0 heterocycles. The highest BCUT2D eigenvalue weighted by molar-refractivity contribution is 6.03. The fourth-order valence-corrected chi connectivity index (χ4v) is 1.94. The van der Waals surface area contributed by atoms with E-state index in [0.29, 0.717) is 17.8 Å². The van der Waals surface area contributed by atoms with Crippen LogP contribution in [0.25, 0.3) is 10.8 Å². The molecule has 0 aliphatic rings. The molecule has 3 N–H and O–H groups in total. The van der Waals surface area contributed by atoms with Gasteiger partial charge in [-0.15, -0.1) is 0 Å². The van der Waals surface area contributed by atoms with Gasteiger partial charge in [-0.25, -0.2) is 0 Å². The Kier molecular flexibility index (Phi) is 4.02. The summed E-state index contributed by atoms with van der Waals surface area (Å²) in [5, 5.41) is 4.94. The number of amides is 1. The smallest absolute Gasteiger partial charge is 0.253 e. The third-order valence-electron chi connectivity index (χ3n) is 3.01. The first-order chi connectivity index (χ1) is 9.08. The Morgan fingerprint density at radius 1 is 1.21 bits per heavy atom. The van der Waals surface area contributed by atoms with E-state index in [1.54, 1.807) is 0 Å². The summed E-state index contributed by atoms with van der Waals surface area (Å²) in [6.45, 7) is 1.41. The highest BCUT2D eigenvalue weighted by Crippen LogP contribution is 2.21. The topological polar surface area (TPSA) is 58.4 Å². The zero-order valence-electron chi connectivity index (χ0n) is 11.3. The van der Waals surface area contributed by atoms with Gasteiger partial charge in [0.15, 0.2) is 0 Å². The zero-order chi connectivity index (χ0) is 13.8. The van der Waals surface area contributed by atoms with E-state index >= 15 is 0 Å². The fourth-order valence-electron chi connectivity index (χ4n) is 1.94. The van der Waals surface area contributed by atoms with Gasteiger partial charge in [-0.2, -0.15) is 0 Å². The predicted octanol–water partition coefficient (Wildman–Crippen LogP) is 1.71. The number of anilines is 1. The van der Waals surface area contributed by atoms with Crippen molar-refractivity contribution in [1.82, 2.24) is 10.2 Å². The monoisotopic (exact) mass is 257 g/mol. The van der Waals surface area contributed by atoms with E-state index < -0.39 is 0 Å². The molecule has 0 radical (unpaired) electrons. The number of rotatable bonds is 4. The van der Waals surface area contributed by atoms with Crippen molar-refractivity contribution in [3.8, 4) is 0 Å². The molecule has 0 atom stereocenters. The molecule has 19 heavy (non-hydrogen) atoms. The van der Waals surface area contributed by atoms with Gasteiger partial charge in [0.2, 0.25) is 0 Å². The number of nitrogens with zero attached hydrogens (tertiary/aromatic N) is 1. The van der Waals surface area contributed by atoms with Gasteiger partial charge < -0.3 is 16.0 Å². The lowest BCUT2D eigenvalue weighted by molar-refractivity contribution is 0.0952. The van der Waals surface area contributed by atoms with Crippen LogP contribution in [0.1, 0.15) is 10.4 Å². The standard InChI is InChI=1S/C15H19N3O/c1-18(2)8-7-17-15(19)13-9-11-5-3-4-6-12(11)10-14(13)16/h3-6,9-10H,7-8,16H2,1-2H3,(H,17,19). The molecule has 0 bridgehead atoms. The number of nitrogens with one attached hydrogen (secondary N) is 1. The van der Waals surface area contributed by atoms with Crippen molar-refractivity contribution in [2.24, 2.45) is 0 Å². The SMILES string of the molecule is CN(C)CCNC(=O)c1cc2ccccc2cc1N. The van der Waals surface area contributed by atoms with Gasteiger partial charge in [0.05, 0.1) is 5.56 Å². The van der Waals surface area contributed by atoms with Gasteiger partial charge in [-0.05, 0) is 37.0 Å². The lowest BCUT2D eigenvalue weighted by Crippen LogP contribution is -2.31. The molecular weight excluding hydrogens is 238 g/mol. The lowest BCUT2D eigenvalue weighted by atomic mass is 10.0. The van der Waals surface area contributed by atoms with Crippen molar-refractivity contribution in [2.45, 2.75) is 0 Å². The van der Waals surface area contributed by atoms with E-state index in [4.69, 9.17) is 5.73 Å². The van der Waals surface area contributed by atoms with Crippen LogP contribution in [0.15, 0.2) is 36.4 Å². The van der Waals surface area contributed by atoms with Gasteiger partial charge in [0.1, 0.15) is 0 Å². The van der Waals surface area contributed by atoms with Crippen molar-refractivity contribution in [3.63, 3.8) is 0 Å². The number of nitrogens with two attached hydrogens (primary N) is 1. The molecule has 100 valence electrons. The molecule has 0 fully saturated rings. The molecule has 2 aromatic carbocycles. The second-order valence-corrected chi connectivity index (χ2v) is 4.85. The molecule has 0 aliphatic heterocycles. The van der Waals surface area contributed by atoms with Crippen LogP contribution in [0.2, 0.25) is 0 Å². The van der Waals surface area contributed by atoms with Crippen LogP contribution in [-0.2, 0) is 0 Å². The second kappa shape index (κ2) is 5.71. The molecule has 1 amide bonds. The molecule has 0 unspecified atom stereocenters. The van der Waals surface area contributed by atoms with E-state index in [9.17, 15) is 4.79 Å². The molecule has 4 heteroatoms. The Labute approximate surface area is 113 Å². The first-order valence-corrected chi connectivity index (χ1v) is 6.29. The number of nitrogen functional groups attached to an aromatic ring is 1. The molecular formula is C15H19N3O. The van der Waals surface area contributed by atoms with E-state index in [1.807, 2.05) is 55.4 Å². The molecule has 0 aliphatic carbocycles. The second-order valence-electron chi connectivity index (χ2n) is 4.85. The van der Waals surface area contributed by atoms with Gasteiger partial charge in [0.25, 0.3) is 5.91 Å². The number of hydrogen-bond donors (Lipinski definition) is 2. The zero-order valence-corrected chi connectivity index (χ0v) is 11.3. The first-order valence-electron chi connectivity index (χ1n) is 6.29. The van der Waals surface area contributed by atoms with Crippen LogP contribution in [0.3, 0.4) is 0 Å². The Bertz CT molecular complexity index is 593. The third kappa shape index (κ3) is 3.23. The molecule has 0 spiro atoms. The van der Waals surface area contributed by atoms with Crippen LogP contribution in [0.5, 0.6) is 0 Å². The summed E-state index contributed by atoms with van der Waals surface area (Å²) >= 11 is 0. The van der Waals surface area contributed by atoms with Crippen molar-refractivity contribution in [2.75, 3.05) is 32.9 Å². The number of hydrogen-bond acceptors (Lipinski definition) is 3. The summed E-state index contributed by atoms with van der Waals surface area (Å²) in [6.07, 6.45) is 0. The lowest BCUT2D eigenvalue weighted by Gasteiger charge is -2.12. The van der Waals surface area contributed by atoms with Gasteiger partial charge in [-0.1, -0.05) is 24.3 Å². The maximum Gasteiger partial charge on any atom is 0.253 e. The maximum absolute atomic E-state index is 12.1. The molecule has 0 aromatic heterocycles. The number of carbonyl (C=O) groups is 1. The van der Waals surface area contributed by atoms with E-state index in [1.165, 1.54) is 0 Å². The Hall–Kier alpha value is -2.07. The highest BCUT2D eigenvalue weighted by atomic mass is 16.1. The van der Waals surface area contributed by atoms with Crippen LogP contribution in [0.4, 0.5) is 5.69 Å². The maximum atomic E-state index is 12.1. The third-order valence-corrected chi connectivity index (χ3v) is 3.01. The summed E-state index contributed by atoms with van der Waals surface area (Å²) in [6, 6.07) is 11.6. The predicted molar refractivity (Wildman–Crippen MR) is 79.2 cm³/mol. The van der Waals surface area contributed by atoms with Gasteiger partial charge in [0, 0.05) is 18.8 Å². The number of likely N-dealkylation sites (N-methyl/N-ethyl adjacent to an activating group) is 1. The number of benzene rings is 2. The molecule has 0 saturated heterocycles. The first kappa shape index (κ1) is 13.4. The summed E-state index contributed by atoms with van der Waals surface area (Å²) < 4.78 is 0. The van der Waals surface area contributed by atoms with E-state index in [0.717, 1.165) is 17.3 Å². The number of fused-ring (bicyclic) bond motifs is 1. The minimum absolute atomic E-state index is 0.120. The Morgan fingerprint density at radius 3 is 2.47 bits per heavy atom. The molecule has 0 saturated carbocycles. The summed E-state index contributed by atoms with van der Waals surface area (Å²) in [5.74, 6) is -0.120. The molecule has 2 aromatic rings. The highest BCUT2D eigenvalue weighted by Gasteiger charge is 2.10. The Morgan fingerprint density at radius 2 is 1.84 bits per heavy atom. The fraction of sp³-hybridized carbons (Fsp3) is 0.267. The average molecular weight is 257 g/mol. The molecule has 4 nitrogen and oxygen atoms in total. The Balaban J connectivity index is 2.19. The van der Waals surface area contributed by atoms with E-state index in [-0.39, 0.29) is 5.91 Å². The van der Waals surface area contributed by atoms with Crippen molar-refractivity contribution in [1.29, 1.82) is 0 Å². The summed E-state index contributed by atoms with van der Waals surface area (Å²) in [7, 11) is 3.94. The van der Waals surface area contributed by atoms with E-state index in [2.05, 4.69) is 5.32 Å². The molecule has 2 rings (SSSR count). The number of carbonyl (C=O) groups excluding carboxylic acids is 1. The normalized spacial score (nSPS) is 10.9. The average Bonchev–Trinajstić information content (AvgIpc) is 2.37. The van der Waals surface area contributed by atoms with Crippen LogP contribution < -0.4 is 11.1 Å². The van der Waals surface area contributed by atoms with Crippen molar-refractivity contribution < 1.29 is 4.79 Å². The van der Waals surface area contributed by atoms with Crippen LogP contribution in [-0.4, -0.2) is 38.0 Å². The van der Waals surface area contributed by atoms with Gasteiger partial charge in [-0.3, -0.25) is 4.79 Å². The minimum atomic E-state index is -0.120. The van der Waals surface area contributed by atoms with Crippen LogP contribution >= 0.6 is 0 Å². The van der Waals surface area contributed by atoms with Crippen molar-refractivity contribution >= 4 is 22.4 Å². The van der Waals surface area contributed by atoms with Gasteiger partial charge >= 0.3 is 0 Å². The largest absolute Gasteiger partial charge is 0.398 e. The van der Waals surface area contributed by atoms with Crippen molar-refractivity contribution in [3.05, 3.63) is 42.0 Å².